The van der Waals surface area contributed by atoms with Crippen molar-refractivity contribution in [3.05, 3.63) is 0 Å². The Morgan fingerprint density at radius 1 is 1.47 bits per heavy atom. The fourth-order valence-electron chi connectivity index (χ4n) is 1.26. The fourth-order valence-corrected chi connectivity index (χ4v) is 1.82. The Labute approximate surface area is 87.6 Å². The van der Waals surface area contributed by atoms with Crippen molar-refractivity contribution in [2.45, 2.75) is 18.9 Å². The van der Waals surface area contributed by atoms with Gasteiger partial charge in [-0.25, -0.2) is 13.2 Å². The van der Waals surface area contributed by atoms with Crippen molar-refractivity contribution in [3.8, 4) is 0 Å². The summed E-state index contributed by atoms with van der Waals surface area (Å²) in [6.07, 6.45) is 2.45. The van der Waals surface area contributed by atoms with Gasteiger partial charge in [0.05, 0.1) is 0 Å². The van der Waals surface area contributed by atoms with E-state index in [4.69, 9.17) is 5.11 Å². The number of amides is 1. The minimum absolute atomic E-state index is 0.0500. The van der Waals surface area contributed by atoms with E-state index in [9.17, 15) is 18.0 Å². The highest BCUT2D eigenvalue weighted by atomic mass is 32.2. The van der Waals surface area contributed by atoms with Gasteiger partial charge in [0, 0.05) is 6.26 Å². The molecule has 1 rings (SSSR count). The topological polar surface area (TPSA) is 101 Å². The molecule has 0 aromatic carbocycles. The quantitative estimate of drug-likeness (QED) is 0.637. The van der Waals surface area contributed by atoms with Crippen molar-refractivity contribution in [1.29, 1.82) is 0 Å². The first-order valence-corrected chi connectivity index (χ1v) is 6.55. The monoisotopic (exact) mass is 235 g/mol. The Morgan fingerprint density at radius 2 is 2.00 bits per heavy atom. The molecule has 1 aliphatic carbocycles. The highest BCUT2D eigenvalue weighted by Crippen LogP contribution is 2.32. The van der Waals surface area contributed by atoms with E-state index in [1.54, 1.807) is 0 Å². The van der Waals surface area contributed by atoms with E-state index in [1.165, 1.54) is 0 Å². The van der Waals surface area contributed by atoms with Gasteiger partial charge in [-0.1, -0.05) is 0 Å². The maximum absolute atomic E-state index is 11.2. The predicted octanol–water partition coefficient (Wildman–Crippen LogP) is -0.990. The van der Waals surface area contributed by atoms with Crippen LogP contribution in [0.3, 0.4) is 0 Å². The lowest BCUT2D eigenvalue weighted by molar-refractivity contribution is -0.142. The van der Waals surface area contributed by atoms with Crippen LogP contribution in [0.4, 0.5) is 0 Å². The lowest BCUT2D eigenvalue weighted by Crippen LogP contribution is -2.44. The molecule has 0 heterocycles. The first-order chi connectivity index (χ1) is 6.79. The summed E-state index contributed by atoms with van der Waals surface area (Å²) in [6, 6.07) is -0.945. The summed E-state index contributed by atoms with van der Waals surface area (Å²) in [4.78, 5) is 21.9. The van der Waals surface area contributed by atoms with Crippen LogP contribution in [-0.4, -0.2) is 43.5 Å². The van der Waals surface area contributed by atoms with Gasteiger partial charge in [0.25, 0.3) is 0 Å². The molecule has 2 N–H and O–H groups in total. The third kappa shape index (κ3) is 4.28. The van der Waals surface area contributed by atoms with Gasteiger partial charge in [0.1, 0.15) is 11.8 Å². The van der Waals surface area contributed by atoms with Crippen LogP contribution >= 0.6 is 0 Å². The van der Waals surface area contributed by atoms with Gasteiger partial charge < -0.3 is 10.4 Å². The zero-order chi connectivity index (χ0) is 11.6. The molecule has 1 atom stereocenters. The second kappa shape index (κ2) is 4.18. The van der Waals surface area contributed by atoms with E-state index >= 15 is 0 Å². The average molecular weight is 235 g/mol. The van der Waals surface area contributed by atoms with E-state index in [0.29, 0.717) is 0 Å². The lowest BCUT2D eigenvalue weighted by Gasteiger charge is -2.12. The molecule has 0 spiro atoms. The summed E-state index contributed by atoms with van der Waals surface area (Å²) in [7, 11) is -3.40. The minimum atomic E-state index is -3.40. The molecule has 0 aromatic heterocycles. The molecule has 86 valence electrons. The minimum Gasteiger partial charge on any atom is -0.480 e. The van der Waals surface area contributed by atoms with Gasteiger partial charge in [-0.2, -0.15) is 0 Å². The highest BCUT2D eigenvalue weighted by Gasteiger charge is 2.37. The van der Waals surface area contributed by atoms with Gasteiger partial charge >= 0.3 is 5.97 Å². The van der Waals surface area contributed by atoms with Crippen LogP contribution in [0.25, 0.3) is 0 Å². The number of rotatable bonds is 5. The maximum Gasteiger partial charge on any atom is 0.326 e. The number of carboxylic acids is 1. The van der Waals surface area contributed by atoms with E-state index in [1.807, 2.05) is 0 Å². The van der Waals surface area contributed by atoms with Crippen molar-refractivity contribution in [1.82, 2.24) is 5.32 Å². The maximum atomic E-state index is 11.2. The summed E-state index contributed by atoms with van der Waals surface area (Å²) in [6.45, 7) is 0. The largest absolute Gasteiger partial charge is 0.480 e. The molecule has 6 nitrogen and oxygen atoms in total. The molecular formula is C8H13NO5S. The Hall–Kier alpha value is -1.11. The Morgan fingerprint density at radius 3 is 2.33 bits per heavy atom. The third-order valence-electron chi connectivity index (χ3n) is 2.07. The predicted molar refractivity (Wildman–Crippen MR) is 52.0 cm³/mol. The van der Waals surface area contributed by atoms with Gasteiger partial charge in [-0.15, -0.1) is 0 Å². The zero-order valence-corrected chi connectivity index (χ0v) is 9.08. The standard InChI is InChI=1S/C8H13NO5S/c1-15(13,14)4-6(10)9-7(8(11)12)5-2-3-5/h5,7H,2-4H2,1H3,(H,9,10)(H,11,12). The number of nitrogens with one attached hydrogen (secondary N) is 1. The molecule has 7 heteroatoms. The number of hydrogen-bond donors (Lipinski definition) is 2. The number of hydrogen-bond acceptors (Lipinski definition) is 4. The van der Waals surface area contributed by atoms with Crippen LogP contribution in [-0.2, 0) is 19.4 Å². The van der Waals surface area contributed by atoms with Gasteiger partial charge in [0.2, 0.25) is 5.91 Å². The normalized spacial score (nSPS) is 18.2. The van der Waals surface area contributed by atoms with Crippen molar-refractivity contribution in [2.24, 2.45) is 5.92 Å². The van der Waals surface area contributed by atoms with Crippen molar-refractivity contribution in [2.75, 3.05) is 12.0 Å². The van der Waals surface area contributed by atoms with Gasteiger partial charge in [0.15, 0.2) is 9.84 Å². The molecule has 0 bridgehead atoms. The summed E-state index contributed by atoms with van der Waals surface area (Å²) in [5.41, 5.74) is 0. The first kappa shape index (κ1) is 12.0. The van der Waals surface area contributed by atoms with E-state index in [0.717, 1.165) is 19.1 Å². The Balaban J connectivity index is 2.51. The molecule has 15 heavy (non-hydrogen) atoms. The summed E-state index contributed by atoms with van der Waals surface area (Å²) in [5, 5.41) is 11.0. The van der Waals surface area contributed by atoms with Crippen LogP contribution in [0.2, 0.25) is 0 Å². The summed E-state index contributed by atoms with van der Waals surface area (Å²) < 4.78 is 21.5. The fraction of sp³-hybridized carbons (Fsp3) is 0.750. The first-order valence-electron chi connectivity index (χ1n) is 4.49. The number of sulfone groups is 1. The molecule has 1 fully saturated rings. The summed E-state index contributed by atoms with van der Waals surface area (Å²) >= 11 is 0. The Bertz CT molecular complexity index is 370. The second-order valence-electron chi connectivity index (χ2n) is 3.79. The number of carboxylic acid groups (broad SMARTS) is 1. The number of carbonyl (C=O) groups is 2. The van der Waals surface area contributed by atoms with Crippen molar-refractivity contribution >= 4 is 21.7 Å². The van der Waals surface area contributed by atoms with Crippen LogP contribution in [0.1, 0.15) is 12.8 Å². The number of aliphatic carboxylic acids is 1. The van der Waals surface area contributed by atoms with Crippen LogP contribution in [0.15, 0.2) is 0 Å². The molecule has 0 aliphatic heterocycles. The highest BCUT2D eigenvalue weighted by molar-refractivity contribution is 7.91. The molecule has 0 saturated heterocycles. The molecular weight excluding hydrogens is 222 g/mol. The third-order valence-corrected chi connectivity index (χ3v) is 2.86. The van der Waals surface area contributed by atoms with Crippen LogP contribution < -0.4 is 5.32 Å². The van der Waals surface area contributed by atoms with E-state index < -0.39 is 33.5 Å². The van der Waals surface area contributed by atoms with E-state index in [2.05, 4.69) is 5.32 Å². The van der Waals surface area contributed by atoms with E-state index in [-0.39, 0.29) is 5.92 Å². The molecule has 0 aromatic rings. The second-order valence-corrected chi connectivity index (χ2v) is 5.93. The molecule has 0 radical (unpaired) electrons. The molecule has 1 saturated carbocycles. The van der Waals surface area contributed by atoms with Crippen molar-refractivity contribution < 1.29 is 23.1 Å². The summed E-state index contributed by atoms with van der Waals surface area (Å²) in [5.74, 6) is -2.58. The van der Waals surface area contributed by atoms with Crippen molar-refractivity contribution in [3.63, 3.8) is 0 Å². The van der Waals surface area contributed by atoms with Crippen LogP contribution in [0, 0.1) is 5.92 Å². The zero-order valence-electron chi connectivity index (χ0n) is 8.26. The molecule has 1 unspecified atom stereocenters. The SMILES string of the molecule is CS(=O)(=O)CC(=O)NC(C(=O)O)C1CC1. The molecule has 1 aliphatic rings. The van der Waals surface area contributed by atoms with Gasteiger partial charge in [-0.05, 0) is 18.8 Å². The Kier molecular flexibility index (Phi) is 3.33. The number of carbonyl (C=O) groups excluding carboxylic acids is 1. The average Bonchev–Trinajstić information content (AvgIpc) is 2.78. The smallest absolute Gasteiger partial charge is 0.326 e. The molecule has 1 amide bonds. The lowest BCUT2D eigenvalue weighted by atomic mass is 10.2. The van der Waals surface area contributed by atoms with Crippen LogP contribution in [0.5, 0.6) is 0 Å². The van der Waals surface area contributed by atoms with Gasteiger partial charge in [-0.3, -0.25) is 4.79 Å².